The van der Waals surface area contributed by atoms with Crippen molar-refractivity contribution in [3.63, 3.8) is 0 Å². The molecule has 2 aromatic heterocycles. The number of aromatic nitrogens is 2. The summed E-state index contributed by atoms with van der Waals surface area (Å²) in [6, 6.07) is 4.40. The van der Waals surface area contributed by atoms with Crippen molar-refractivity contribution in [3.05, 3.63) is 40.4 Å². The van der Waals surface area contributed by atoms with Crippen LogP contribution >= 0.6 is 0 Å². The van der Waals surface area contributed by atoms with Gasteiger partial charge in [0.2, 0.25) is 0 Å². The Balaban J connectivity index is 2.08. The molecule has 3 aromatic rings. The fraction of sp³-hybridized carbons (Fsp3) is 0.500. The standard InChI is InChI=1S/C26H35N3O6S/c1-15(2)11-17(28-25(31)35-26(4,5)6)14-34-21-13-20-19(12-22(21)36(8,32)33)18-9-10-27-16(3)23(18)24(30)29(20)7/h9-10,12-13,15,17H,11,14H2,1-8H3,(H,28,31)/t17-/m0/s1. The molecule has 36 heavy (non-hydrogen) atoms. The Hall–Kier alpha value is -3.14. The van der Waals surface area contributed by atoms with Crippen molar-refractivity contribution in [3.8, 4) is 5.75 Å². The third-order valence-electron chi connectivity index (χ3n) is 5.69. The summed E-state index contributed by atoms with van der Waals surface area (Å²) in [5, 5.41) is 4.50. The number of fused-ring (bicyclic) bond motifs is 3. The molecule has 1 N–H and O–H groups in total. The fourth-order valence-electron chi connectivity index (χ4n) is 4.19. The van der Waals surface area contributed by atoms with Gasteiger partial charge < -0.3 is 19.4 Å². The molecule has 1 amide bonds. The maximum absolute atomic E-state index is 13.1. The number of hydrogen-bond donors (Lipinski definition) is 1. The minimum absolute atomic E-state index is 0.00461. The lowest BCUT2D eigenvalue weighted by molar-refractivity contribution is 0.0479. The van der Waals surface area contributed by atoms with Crippen molar-refractivity contribution in [1.82, 2.24) is 14.9 Å². The van der Waals surface area contributed by atoms with Gasteiger partial charge in [-0.1, -0.05) is 13.8 Å². The van der Waals surface area contributed by atoms with E-state index >= 15 is 0 Å². The maximum Gasteiger partial charge on any atom is 0.407 e. The molecule has 0 aliphatic carbocycles. The van der Waals surface area contributed by atoms with E-state index in [0.717, 1.165) is 6.26 Å². The molecule has 0 unspecified atom stereocenters. The molecular weight excluding hydrogens is 482 g/mol. The lowest BCUT2D eigenvalue weighted by Crippen LogP contribution is -2.42. The summed E-state index contributed by atoms with van der Waals surface area (Å²) in [6.45, 7) is 11.1. The van der Waals surface area contributed by atoms with Crippen LogP contribution in [-0.4, -0.2) is 48.6 Å². The van der Waals surface area contributed by atoms with E-state index in [1.807, 2.05) is 13.8 Å². The second kappa shape index (κ2) is 10.1. The predicted molar refractivity (Wildman–Crippen MR) is 140 cm³/mol. The summed E-state index contributed by atoms with van der Waals surface area (Å²) in [5.74, 6) is 0.355. The summed E-state index contributed by atoms with van der Waals surface area (Å²) in [7, 11) is -2.05. The smallest absolute Gasteiger partial charge is 0.407 e. The van der Waals surface area contributed by atoms with Gasteiger partial charge in [0.05, 0.1) is 22.6 Å². The largest absolute Gasteiger partial charge is 0.490 e. The number of rotatable bonds is 7. The minimum atomic E-state index is -3.68. The van der Waals surface area contributed by atoms with Crippen molar-refractivity contribution >= 4 is 37.6 Å². The number of sulfone groups is 1. The molecule has 9 nitrogen and oxygen atoms in total. The zero-order valence-electron chi connectivity index (χ0n) is 22.1. The van der Waals surface area contributed by atoms with Gasteiger partial charge in [-0.25, -0.2) is 13.2 Å². The first-order valence-corrected chi connectivity index (χ1v) is 13.7. The Labute approximate surface area is 211 Å². The summed E-state index contributed by atoms with van der Waals surface area (Å²) in [5.41, 5.74) is 0.212. The summed E-state index contributed by atoms with van der Waals surface area (Å²) in [4.78, 5) is 29.7. The average Bonchev–Trinajstić information content (AvgIpc) is 2.72. The van der Waals surface area contributed by atoms with Crippen molar-refractivity contribution in [2.24, 2.45) is 13.0 Å². The molecular formula is C26H35N3O6S. The summed E-state index contributed by atoms with van der Waals surface area (Å²) in [6.07, 6.45) is 2.73. The van der Waals surface area contributed by atoms with Crippen LogP contribution in [0.25, 0.3) is 21.7 Å². The molecule has 0 aliphatic rings. The van der Waals surface area contributed by atoms with Gasteiger partial charge in [0.15, 0.2) is 9.84 Å². The highest BCUT2D eigenvalue weighted by molar-refractivity contribution is 7.90. The normalized spacial score (nSPS) is 13.2. The number of alkyl carbamates (subject to hydrolysis) is 1. The van der Waals surface area contributed by atoms with E-state index in [0.29, 0.717) is 33.8 Å². The number of ether oxygens (including phenoxy) is 2. The monoisotopic (exact) mass is 517 g/mol. The van der Waals surface area contributed by atoms with Gasteiger partial charge in [-0.2, -0.15) is 0 Å². The third kappa shape index (κ3) is 6.16. The summed E-state index contributed by atoms with van der Waals surface area (Å²) < 4.78 is 38.4. The molecule has 1 aromatic carbocycles. The van der Waals surface area contributed by atoms with Crippen LogP contribution in [0.2, 0.25) is 0 Å². The second-order valence-electron chi connectivity index (χ2n) is 10.6. The van der Waals surface area contributed by atoms with Crippen LogP contribution in [0.15, 0.2) is 34.1 Å². The SMILES string of the molecule is Cc1nccc2c1c(=O)n(C)c1cc(OC[C@H](CC(C)C)NC(=O)OC(C)(C)C)c(S(C)(=O)=O)cc21. The molecule has 0 fully saturated rings. The van der Waals surface area contributed by atoms with E-state index in [-0.39, 0.29) is 28.7 Å². The van der Waals surface area contributed by atoms with E-state index in [9.17, 15) is 18.0 Å². The molecule has 2 heterocycles. The Bertz CT molecular complexity index is 1470. The van der Waals surface area contributed by atoms with Crippen molar-refractivity contribution in [1.29, 1.82) is 0 Å². The predicted octanol–water partition coefficient (Wildman–Crippen LogP) is 4.12. The number of amides is 1. The molecule has 3 rings (SSSR count). The van der Waals surface area contributed by atoms with Crippen LogP contribution in [0.3, 0.4) is 0 Å². The highest BCUT2D eigenvalue weighted by Gasteiger charge is 2.24. The number of carbonyl (C=O) groups excluding carboxylic acids is 1. The van der Waals surface area contributed by atoms with Crippen LogP contribution in [-0.2, 0) is 21.6 Å². The molecule has 1 atom stereocenters. The number of hydrogen-bond acceptors (Lipinski definition) is 7. The molecule has 0 saturated heterocycles. The van der Waals surface area contributed by atoms with Crippen LogP contribution in [0.1, 0.15) is 46.7 Å². The van der Waals surface area contributed by atoms with E-state index < -0.39 is 27.6 Å². The van der Waals surface area contributed by atoms with E-state index in [1.165, 1.54) is 4.57 Å². The van der Waals surface area contributed by atoms with Crippen molar-refractivity contribution in [2.45, 2.75) is 64.5 Å². The van der Waals surface area contributed by atoms with Crippen LogP contribution in [0.4, 0.5) is 4.79 Å². The van der Waals surface area contributed by atoms with Gasteiger partial charge >= 0.3 is 6.09 Å². The van der Waals surface area contributed by atoms with Gasteiger partial charge in [-0.15, -0.1) is 0 Å². The first-order chi connectivity index (χ1) is 16.6. The second-order valence-corrected chi connectivity index (χ2v) is 12.5. The minimum Gasteiger partial charge on any atom is -0.490 e. The average molecular weight is 518 g/mol. The molecule has 0 aliphatic heterocycles. The van der Waals surface area contributed by atoms with Gasteiger partial charge in [0, 0.05) is 31.0 Å². The molecule has 0 radical (unpaired) electrons. The van der Waals surface area contributed by atoms with Gasteiger partial charge in [0.1, 0.15) is 22.9 Å². The number of nitrogens with one attached hydrogen (secondary N) is 1. The zero-order valence-corrected chi connectivity index (χ0v) is 22.9. The molecule has 0 bridgehead atoms. The number of aryl methyl sites for hydroxylation is 2. The van der Waals surface area contributed by atoms with E-state index in [2.05, 4.69) is 10.3 Å². The van der Waals surface area contributed by atoms with Crippen LogP contribution < -0.4 is 15.6 Å². The van der Waals surface area contributed by atoms with Crippen LogP contribution in [0, 0.1) is 12.8 Å². The Kier molecular flexibility index (Phi) is 7.69. The molecule has 0 saturated carbocycles. The van der Waals surface area contributed by atoms with Gasteiger partial charge in [-0.3, -0.25) is 9.78 Å². The Morgan fingerprint density at radius 2 is 1.86 bits per heavy atom. The van der Waals surface area contributed by atoms with Crippen molar-refractivity contribution in [2.75, 3.05) is 12.9 Å². The number of pyridine rings is 2. The lowest BCUT2D eigenvalue weighted by Gasteiger charge is -2.25. The number of carbonyl (C=O) groups is 1. The van der Waals surface area contributed by atoms with Crippen LogP contribution in [0.5, 0.6) is 5.75 Å². The van der Waals surface area contributed by atoms with Crippen molar-refractivity contribution < 1.29 is 22.7 Å². The zero-order chi connectivity index (χ0) is 27.0. The Morgan fingerprint density at radius 1 is 1.19 bits per heavy atom. The van der Waals surface area contributed by atoms with E-state index in [4.69, 9.17) is 9.47 Å². The number of benzene rings is 1. The highest BCUT2D eigenvalue weighted by Crippen LogP contribution is 2.33. The fourth-order valence-corrected chi connectivity index (χ4v) is 5.00. The highest BCUT2D eigenvalue weighted by atomic mass is 32.2. The van der Waals surface area contributed by atoms with E-state index in [1.54, 1.807) is 59.1 Å². The topological polar surface area (TPSA) is 117 Å². The first kappa shape index (κ1) is 27.4. The van der Waals surface area contributed by atoms with Gasteiger partial charge in [0.25, 0.3) is 5.56 Å². The maximum atomic E-state index is 13.1. The van der Waals surface area contributed by atoms with Gasteiger partial charge in [-0.05, 0) is 57.6 Å². The molecule has 196 valence electrons. The summed E-state index contributed by atoms with van der Waals surface area (Å²) >= 11 is 0. The third-order valence-corrected chi connectivity index (χ3v) is 6.81. The Morgan fingerprint density at radius 3 is 2.44 bits per heavy atom. The lowest BCUT2D eigenvalue weighted by atomic mass is 10.0. The molecule has 0 spiro atoms. The quantitative estimate of drug-likeness (QED) is 0.469. The number of nitrogens with zero attached hydrogens (tertiary/aromatic N) is 2. The molecule has 10 heteroatoms. The first-order valence-electron chi connectivity index (χ1n) is 11.8.